The monoisotopic (exact) mass is 592 g/mol. The van der Waals surface area contributed by atoms with Crippen LogP contribution < -0.4 is 4.74 Å². The van der Waals surface area contributed by atoms with Crippen LogP contribution in [0.25, 0.3) is 22.4 Å². The number of aryl methyl sites for hydroxylation is 1. The zero-order valence-electron chi connectivity index (χ0n) is 20.9. The van der Waals surface area contributed by atoms with Gasteiger partial charge in [-0.15, -0.1) is 0 Å². The largest absolute Gasteiger partial charge is 0.487 e. The maximum absolute atomic E-state index is 11.7. The highest BCUT2D eigenvalue weighted by Crippen LogP contribution is 2.46. The Bertz CT molecular complexity index is 1840. The summed E-state index contributed by atoms with van der Waals surface area (Å²) in [6.45, 7) is 1.79. The number of aromatic carboxylic acids is 1. The highest BCUT2D eigenvalue weighted by Gasteiger charge is 2.33. The number of hydrogen-bond donors (Lipinski definition) is 1. The minimum atomic E-state index is -1.12. The number of rotatable bonds is 6. The summed E-state index contributed by atoms with van der Waals surface area (Å²) in [6.07, 6.45) is 2.01. The van der Waals surface area contributed by atoms with E-state index in [1.165, 1.54) is 6.07 Å². The van der Waals surface area contributed by atoms with Crippen LogP contribution >= 0.6 is 34.8 Å². The zero-order valence-corrected chi connectivity index (χ0v) is 23.2. The molecule has 0 radical (unpaired) electrons. The number of fused-ring (bicyclic) bond motifs is 1. The van der Waals surface area contributed by atoms with E-state index in [1.807, 2.05) is 0 Å². The predicted molar refractivity (Wildman–Crippen MR) is 151 cm³/mol. The second kappa shape index (κ2) is 10.5. The number of nitrogens with zero attached hydrogens (tertiary/aromatic N) is 2. The topological polar surface area (TPSA) is 98.6 Å². The van der Waals surface area contributed by atoms with Crippen LogP contribution in [0.15, 0.2) is 57.5 Å². The summed E-state index contributed by atoms with van der Waals surface area (Å²) < 4.78 is 17.4. The van der Waals surface area contributed by atoms with Crippen molar-refractivity contribution < 1.29 is 23.6 Å². The molecule has 1 fully saturated rings. The van der Waals surface area contributed by atoms with Crippen molar-refractivity contribution in [2.24, 2.45) is 0 Å². The van der Waals surface area contributed by atoms with Crippen LogP contribution in [-0.4, -0.2) is 21.2 Å². The van der Waals surface area contributed by atoms with E-state index in [2.05, 4.69) is 22.0 Å². The minimum absolute atomic E-state index is 0.0106. The van der Waals surface area contributed by atoms with Crippen LogP contribution in [0.2, 0.25) is 15.1 Å². The van der Waals surface area contributed by atoms with Gasteiger partial charge in [0, 0.05) is 29.5 Å². The average Bonchev–Trinajstić information content (AvgIpc) is 3.57. The molecule has 0 spiro atoms. The lowest BCUT2D eigenvalue weighted by Crippen LogP contribution is -2.01. The third kappa shape index (κ3) is 5.02. The first kappa shape index (κ1) is 26.3. The van der Waals surface area contributed by atoms with Gasteiger partial charge in [0.05, 0.1) is 26.2 Å². The van der Waals surface area contributed by atoms with Gasteiger partial charge >= 0.3 is 5.97 Å². The van der Waals surface area contributed by atoms with E-state index in [9.17, 15) is 9.90 Å². The van der Waals surface area contributed by atoms with E-state index in [1.54, 1.807) is 49.4 Å². The molecule has 2 aromatic heterocycles. The minimum Gasteiger partial charge on any atom is -0.487 e. The van der Waals surface area contributed by atoms with Gasteiger partial charge in [-0.05, 0) is 49.2 Å². The molecule has 0 amide bonds. The first-order valence-corrected chi connectivity index (χ1v) is 13.4. The number of benzene rings is 3. The molecule has 40 heavy (non-hydrogen) atoms. The van der Waals surface area contributed by atoms with Crippen LogP contribution in [0.3, 0.4) is 0 Å². The molecule has 200 valence electrons. The summed E-state index contributed by atoms with van der Waals surface area (Å²) in [7, 11) is 0. The molecule has 3 aromatic carbocycles. The van der Waals surface area contributed by atoms with Gasteiger partial charge < -0.3 is 18.8 Å². The lowest BCUT2D eigenvalue weighted by molar-refractivity contribution is 0.0698. The fourth-order valence-electron chi connectivity index (χ4n) is 4.43. The molecule has 0 atom stereocenters. The van der Waals surface area contributed by atoms with Gasteiger partial charge in [-0.3, -0.25) is 0 Å². The molecular weight excluding hydrogens is 575 g/mol. The lowest BCUT2D eigenvalue weighted by atomic mass is 10.0. The highest BCUT2D eigenvalue weighted by molar-refractivity contribution is 6.39. The second-order valence-corrected chi connectivity index (χ2v) is 10.5. The van der Waals surface area contributed by atoms with Crippen LogP contribution in [0.4, 0.5) is 0 Å². The van der Waals surface area contributed by atoms with Crippen molar-refractivity contribution in [1.82, 2.24) is 10.1 Å². The van der Waals surface area contributed by atoms with Crippen molar-refractivity contribution >= 4 is 51.9 Å². The Balaban J connectivity index is 1.30. The molecule has 2 heterocycles. The van der Waals surface area contributed by atoms with Crippen molar-refractivity contribution in [1.29, 1.82) is 0 Å². The Morgan fingerprint density at radius 3 is 2.58 bits per heavy atom. The van der Waals surface area contributed by atoms with E-state index in [-0.39, 0.29) is 23.6 Å². The summed E-state index contributed by atoms with van der Waals surface area (Å²) >= 11 is 19.6. The summed E-state index contributed by atoms with van der Waals surface area (Å²) in [5.74, 6) is 6.68. The Kier molecular flexibility index (Phi) is 6.93. The van der Waals surface area contributed by atoms with Gasteiger partial charge in [0.25, 0.3) is 0 Å². The van der Waals surface area contributed by atoms with Crippen molar-refractivity contribution in [3.8, 4) is 28.8 Å². The number of oxazole rings is 1. The summed E-state index contributed by atoms with van der Waals surface area (Å²) in [5.41, 5.74) is 3.48. The predicted octanol–water partition coefficient (Wildman–Crippen LogP) is 8.31. The third-order valence-corrected chi connectivity index (χ3v) is 7.50. The van der Waals surface area contributed by atoms with Crippen molar-refractivity contribution in [2.45, 2.75) is 32.3 Å². The fraction of sp³-hybridized carbons (Fsp3) is 0.167. The van der Waals surface area contributed by atoms with Crippen molar-refractivity contribution in [2.75, 3.05) is 0 Å². The van der Waals surface area contributed by atoms with Crippen molar-refractivity contribution in [3.63, 3.8) is 0 Å². The van der Waals surface area contributed by atoms with Crippen molar-refractivity contribution in [3.05, 3.63) is 97.5 Å². The van der Waals surface area contributed by atoms with Crippen LogP contribution in [0.1, 0.15) is 57.5 Å². The van der Waals surface area contributed by atoms with E-state index in [0.29, 0.717) is 54.7 Å². The number of ether oxygens (including phenoxy) is 1. The van der Waals surface area contributed by atoms with Gasteiger partial charge in [-0.2, -0.15) is 0 Å². The highest BCUT2D eigenvalue weighted by atomic mass is 35.5. The Morgan fingerprint density at radius 1 is 1.10 bits per heavy atom. The molecule has 10 heteroatoms. The molecule has 0 saturated heterocycles. The van der Waals surface area contributed by atoms with E-state index in [0.717, 1.165) is 24.2 Å². The molecular formula is C30H19Cl3N2O5. The molecule has 1 N–H and O–H groups in total. The second-order valence-electron chi connectivity index (χ2n) is 9.31. The standard InChI is InChI=1S/C30H19Cl3N2O5/c1-15-34-27-19(30(36)37)12-16(13-24(27)39-15)8-9-17-4-2-7-23(26(17)33)38-14-20-28(35-40-29(20)18-10-11-18)25-21(31)5-3-6-22(25)32/h2-7,12-13,18H,10-11,14H2,1H3,(H,36,37). The zero-order chi connectivity index (χ0) is 28.0. The molecule has 7 nitrogen and oxygen atoms in total. The fourth-order valence-corrected chi connectivity index (χ4v) is 5.24. The summed E-state index contributed by atoms with van der Waals surface area (Å²) in [5, 5.41) is 15.1. The van der Waals surface area contributed by atoms with E-state index < -0.39 is 5.97 Å². The SMILES string of the molecule is Cc1nc2c(C(=O)O)cc(C#Cc3cccc(OCc4c(-c5c(Cl)cccc5Cl)noc4C4CC4)c3Cl)cc2o1. The first-order chi connectivity index (χ1) is 19.3. The first-order valence-electron chi connectivity index (χ1n) is 12.3. The Hall–Kier alpha value is -3.96. The molecule has 6 rings (SSSR count). The number of aromatic nitrogens is 2. The third-order valence-electron chi connectivity index (χ3n) is 6.48. The van der Waals surface area contributed by atoms with Gasteiger partial charge in [-0.1, -0.05) is 63.9 Å². The number of hydrogen-bond acceptors (Lipinski definition) is 6. The number of carbonyl (C=O) groups is 1. The molecule has 0 aliphatic heterocycles. The Morgan fingerprint density at radius 2 is 1.85 bits per heavy atom. The molecule has 5 aromatic rings. The summed E-state index contributed by atoms with van der Waals surface area (Å²) in [6, 6.07) is 13.6. The van der Waals surface area contributed by atoms with Gasteiger partial charge in [-0.25, -0.2) is 9.78 Å². The number of carboxylic acids is 1. The lowest BCUT2D eigenvalue weighted by Gasteiger charge is -2.11. The van der Waals surface area contributed by atoms with Gasteiger partial charge in [0.15, 0.2) is 11.5 Å². The molecule has 0 unspecified atom stereocenters. The number of carboxylic acid groups (broad SMARTS) is 1. The quantitative estimate of drug-likeness (QED) is 0.198. The molecule has 1 aliphatic rings. The average molecular weight is 594 g/mol. The number of halogens is 3. The van der Waals surface area contributed by atoms with Gasteiger partial charge in [0.2, 0.25) is 0 Å². The smallest absolute Gasteiger partial charge is 0.338 e. The molecule has 1 aliphatic carbocycles. The maximum atomic E-state index is 11.7. The summed E-state index contributed by atoms with van der Waals surface area (Å²) in [4.78, 5) is 15.9. The van der Waals surface area contributed by atoms with Gasteiger partial charge in [0.1, 0.15) is 29.3 Å². The van der Waals surface area contributed by atoms with Crippen LogP contribution in [0.5, 0.6) is 5.75 Å². The van der Waals surface area contributed by atoms with Crippen LogP contribution in [-0.2, 0) is 6.61 Å². The normalized spacial score (nSPS) is 12.8. The van der Waals surface area contributed by atoms with E-state index >= 15 is 0 Å². The Labute approximate surface area is 243 Å². The van der Waals surface area contributed by atoms with Crippen LogP contribution in [0, 0.1) is 18.8 Å². The molecule has 0 bridgehead atoms. The molecule has 1 saturated carbocycles. The maximum Gasteiger partial charge on any atom is 0.338 e. The van der Waals surface area contributed by atoms with E-state index in [4.69, 9.17) is 48.5 Å².